The largest absolute Gasteiger partial charge is 0.496 e. The Labute approximate surface area is 151 Å². The van der Waals surface area contributed by atoms with Gasteiger partial charge in [0.2, 0.25) is 0 Å². The first-order valence-corrected chi connectivity index (χ1v) is 8.51. The SMILES string of the molecule is COc1ccccc1CCNc1nc(-c2ccco2)nc2ccccc12. The summed E-state index contributed by atoms with van der Waals surface area (Å²) in [6.45, 7) is 0.735. The molecule has 5 heteroatoms. The van der Waals surface area contributed by atoms with Crippen LogP contribution in [0, 0.1) is 0 Å². The molecule has 0 unspecified atom stereocenters. The molecule has 2 heterocycles. The van der Waals surface area contributed by atoms with Crippen molar-refractivity contribution in [3.05, 3.63) is 72.5 Å². The summed E-state index contributed by atoms with van der Waals surface area (Å²) < 4.78 is 10.9. The smallest absolute Gasteiger partial charge is 0.198 e. The van der Waals surface area contributed by atoms with E-state index in [0.717, 1.165) is 41.0 Å². The maximum atomic E-state index is 5.46. The lowest BCUT2D eigenvalue weighted by molar-refractivity contribution is 0.410. The summed E-state index contributed by atoms with van der Waals surface area (Å²) in [6, 6.07) is 19.7. The van der Waals surface area contributed by atoms with E-state index in [4.69, 9.17) is 9.15 Å². The van der Waals surface area contributed by atoms with Crippen LogP contribution >= 0.6 is 0 Å². The molecule has 0 fully saturated rings. The maximum Gasteiger partial charge on any atom is 0.198 e. The van der Waals surface area contributed by atoms with Crippen molar-refractivity contribution in [3.8, 4) is 17.3 Å². The molecule has 0 aliphatic carbocycles. The second kappa shape index (κ2) is 7.27. The van der Waals surface area contributed by atoms with Gasteiger partial charge in [0.25, 0.3) is 0 Å². The van der Waals surface area contributed by atoms with Crippen LogP contribution in [-0.2, 0) is 6.42 Å². The van der Waals surface area contributed by atoms with Gasteiger partial charge in [0, 0.05) is 11.9 Å². The first kappa shape index (κ1) is 16.1. The highest BCUT2D eigenvalue weighted by molar-refractivity contribution is 5.90. The van der Waals surface area contributed by atoms with Crippen molar-refractivity contribution < 1.29 is 9.15 Å². The Balaban J connectivity index is 1.61. The lowest BCUT2D eigenvalue weighted by atomic mass is 10.1. The van der Waals surface area contributed by atoms with Gasteiger partial charge in [0.05, 0.1) is 18.9 Å². The predicted molar refractivity (Wildman–Crippen MR) is 102 cm³/mol. The highest BCUT2D eigenvalue weighted by Gasteiger charge is 2.11. The molecule has 1 N–H and O–H groups in total. The number of furan rings is 1. The van der Waals surface area contributed by atoms with Crippen LogP contribution in [0.5, 0.6) is 5.75 Å². The van der Waals surface area contributed by atoms with Crippen LogP contribution in [0.15, 0.2) is 71.3 Å². The van der Waals surface area contributed by atoms with Crippen molar-refractivity contribution in [3.63, 3.8) is 0 Å². The van der Waals surface area contributed by atoms with Gasteiger partial charge in [0.1, 0.15) is 11.6 Å². The van der Waals surface area contributed by atoms with Gasteiger partial charge in [-0.2, -0.15) is 0 Å². The minimum Gasteiger partial charge on any atom is -0.496 e. The zero-order valence-corrected chi connectivity index (χ0v) is 14.5. The number of anilines is 1. The number of hydrogen-bond acceptors (Lipinski definition) is 5. The average molecular weight is 345 g/mol. The van der Waals surface area contributed by atoms with Gasteiger partial charge < -0.3 is 14.5 Å². The zero-order valence-electron chi connectivity index (χ0n) is 14.5. The van der Waals surface area contributed by atoms with Crippen molar-refractivity contribution in [1.82, 2.24) is 9.97 Å². The molecule has 0 aliphatic heterocycles. The number of aromatic nitrogens is 2. The molecule has 4 rings (SSSR count). The molecule has 0 bridgehead atoms. The molecule has 0 saturated carbocycles. The fourth-order valence-corrected chi connectivity index (χ4v) is 2.95. The summed E-state index contributed by atoms with van der Waals surface area (Å²) in [5.74, 6) is 2.94. The van der Waals surface area contributed by atoms with E-state index in [0.29, 0.717) is 11.6 Å². The third-order valence-corrected chi connectivity index (χ3v) is 4.22. The summed E-state index contributed by atoms with van der Waals surface area (Å²) in [4.78, 5) is 9.28. The van der Waals surface area contributed by atoms with E-state index in [-0.39, 0.29) is 0 Å². The van der Waals surface area contributed by atoms with E-state index in [1.807, 2.05) is 54.6 Å². The summed E-state index contributed by atoms with van der Waals surface area (Å²) >= 11 is 0. The molecule has 0 aliphatic rings. The first-order chi connectivity index (χ1) is 12.8. The number of rotatable bonds is 6. The molecule has 0 atom stereocenters. The molecule has 2 aromatic carbocycles. The van der Waals surface area contributed by atoms with Crippen molar-refractivity contribution in [2.45, 2.75) is 6.42 Å². The summed E-state index contributed by atoms with van der Waals surface area (Å²) in [5, 5.41) is 4.43. The fraction of sp³-hybridized carbons (Fsp3) is 0.143. The third kappa shape index (κ3) is 3.24. The van der Waals surface area contributed by atoms with Crippen LogP contribution in [0.3, 0.4) is 0 Å². The van der Waals surface area contributed by atoms with Crippen LogP contribution in [0.25, 0.3) is 22.5 Å². The van der Waals surface area contributed by atoms with Crippen molar-refractivity contribution >= 4 is 16.7 Å². The zero-order chi connectivity index (χ0) is 17.8. The van der Waals surface area contributed by atoms with Gasteiger partial charge in [0.15, 0.2) is 11.6 Å². The minimum absolute atomic E-state index is 0.577. The van der Waals surface area contributed by atoms with Crippen molar-refractivity contribution in [1.29, 1.82) is 0 Å². The van der Waals surface area contributed by atoms with E-state index >= 15 is 0 Å². The van der Waals surface area contributed by atoms with Gasteiger partial charge in [-0.1, -0.05) is 30.3 Å². The van der Waals surface area contributed by atoms with Crippen LogP contribution in [0.2, 0.25) is 0 Å². The van der Waals surface area contributed by atoms with Crippen molar-refractivity contribution in [2.24, 2.45) is 0 Å². The number of methoxy groups -OCH3 is 1. The Kier molecular flexibility index (Phi) is 4.51. The molecule has 4 aromatic rings. The molecule has 5 nitrogen and oxygen atoms in total. The molecule has 2 aromatic heterocycles. The number of ether oxygens (including phenoxy) is 1. The van der Waals surface area contributed by atoms with Gasteiger partial charge >= 0.3 is 0 Å². The van der Waals surface area contributed by atoms with E-state index in [2.05, 4.69) is 21.4 Å². The second-order valence-corrected chi connectivity index (χ2v) is 5.88. The minimum atomic E-state index is 0.577. The number of hydrogen-bond donors (Lipinski definition) is 1. The average Bonchev–Trinajstić information content (AvgIpc) is 3.23. The second-order valence-electron chi connectivity index (χ2n) is 5.88. The number of nitrogens with zero attached hydrogens (tertiary/aromatic N) is 2. The monoisotopic (exact) mass is 345 g/mol. The molecule has 0 spiro atoms. The Morgan fingerprint density at radius 3 is 2.65 bits per heavy atom. The van der Waals surface area contributed by atoms with Crippen LogP contribution in [0.1, 0.15) is 5.56 Å². The first-order valence-electron chi connectivity index (χ1n) is 8.51. The maximum absolute atomic E-state index is 5.46. The van der Waals surface area contributed by atoms with Gasteiger partial charge in [-0.3, -0.25) is 0 Å². The van der Waals surface area contributed by atoms with Crippen LogP contribution in [0.4, 0.5) is 5.82 Å². The quantitative estimate of drug-likeness (QED) is 0.555. The lowest BCUT2D eigenvalue weighted by Gasteiger charge is -2.11. The summed E-state index contributed by atoms with van der Waals surface area (Å²) in [5.41, 5.74) is 2.04. The standard InChI is InChI=1S/C21H19N3O2/c1-25-18-10-5-2-7-15(18)12-13-22-20-16-8-3-4-9-17(16)23-21(24-20)19-11-6-14-26-19/h2-11,14H,12-13H2,1H3,(H,22,23,24). The Morgan fingerprint density at radius 1 is 0.962 bits per heavy atom. The normalized spacial score (nSPS) is 10.8. The Morgan fingerprint density at radius 2 is 1.81 bits per heavy atom. The topological polar surface area (TPSA) is 60.2 Å². The summed E-state index contributed by atoms with van der Waals surface area (Å²) in [7, 11) is 1.69. The van der Waals surface area contributed by atoms with Gasteiger partial charge in [-0.25, -0.2) is 9.97 Å². The highest BCUT2D eigenvalue weighted by Crippen LogP contribution is 2.25. The van der Waals surface area contributed by atoms with Crippen molar-refractivity contribution in [2.75, 3.05) is 19.0 Å². The molecule has 0 amide bonds. The molecule has 0 radical (unpaired) electrons. The van der Waals surface area contributed by atoms with Crippen LogP contribution in [-0.4, -0.2) is 23.6 Å². The van der Waals surface area contributed by atoms with E-state index in [1.165, 1.54) is 0 Å². The number of para-hydroxylation sites is 2. The lowest BCUT2D eigenvalue weighted by Crippen LogP contribution is -2.08. The fourth-order valence-electron chi connectivity index (χ4n) is 2.95. The predicted octanol–water partition coefficient (Wildman–Crippen LogP) is 4.55. The molecule has 0 saturated heterocycles. The third-order valence-electron chi connectivity index (χ3n) is 4.22. The number of nitrogens with one attached hydrogen (secondary N) is 1. The highest BCUT2D eigenvalue weighted by atomic mass is 16.5. The molecule has 130 valence electrons. The Hall–Kier alpha value is -3.34. The van der Waals surface area contributed by atoms with Crippen LogP contribution < -0.4 is 10.1 Å². The molecule has 26 heavy (non-hydrogen) atoms. The van der Waals surface area contributed by atoms with E-state index < -0.39 is 0 Å². The molecular weight excluding hydrogens is 326 g/mol. The van der Waals surface area contributed by atoms with Gasteiger partial charge in [-0.15, -0.1) is 0 Å². The summed E-state index contributed by atoms with van der Waals surface area (Å²) in [6.07, 6.45) is 2.46. The molecular formula is C21H19N3O2. The number of fused-ring (bicyclic) bond motifs is 1. The van der Waals surface area contributed by atoms with E-state index in [1.54, 1.807) is 13.4 Å². The number of benzene rings is 2. The van der Waals surface area contributed by atoms with Gasteiger partial charge in [-0.05, 0) is 42.3 Å². The van der Waals surface area contributed by atoms with E-state index in [9.17, 15) is 0 Å². The Bertz CT molecular complexity index is 1010.